The van der Waals surface area contributed by atoms with Gasteiger partial charge in [-0.2, -0.15) is 0 Å². The lowest BCUT2D eigenvalue weighted by Crippen LogP contribution is -2.42. The van der Waals surface area contributed by atoms with Crippen molar-refractivity contribution < 1.29 is 20.1 Å². The van der Waals surface area contributed by atoms with Gasteiger partial charge in [0.25, 0.3) is 0 Å². The molecule has 22 heavy (non-hydrogen) atoms. The number of carbonyl (C=O) groups is 1. The van der Waals surface area contributed by atoms with E-state index < -0.39 is 0 Å². The van der Waals surface area contributed by atoms with E-state index in [-0.39, 0.29) is 17.5 Å². The van der Waals surface area contributed by atoms with E-state index in [1.807, 2.05) is 0 Å². The molecule has 1 unspecified atom stereocenters. The molecule has 0 bridgehead atoms. The molecule has 0 fully saturated rings. The minimum atomic E-state index is -0.152. The number of aliphatic hydroxyl groups is 1. The number of amides is 1. The lowest BCUT2D eigenvalue weighted by molar-refractivity contribution is -0.119. The van der Waals surface area contributed by atoms with Crippen molar-refractivity contribution in [2.45, 2.75) is 31.7 Å². The number of carbonyl (C=O) groups excluding carboxylic acids is 1. The van der Waals surface area contributed by atoms with Crippen LogP contribution in [0.1, 0.15) is 24.8 Å². The van der Waals surface area contributed by atoms with Crippen LogP contribution >= 0.6 is 0 Å². The minimum absolute atomic E-state index is 0.0606. The predicted octanol–water partition coefficient (Wildman–Crippen LogP) is 2.40. The molecule has 5 heteroatoms. The van der Waals surface area contributed by atoms with Gasteiger partial charge in [-0.05, 0) is 48.6 Å². The van der Waals surface area contributed by atoms with Crippen molar-refractivity contribution >= 4 is 6.41 Å². The second-order valence-corrected chi connectivity index (χ2v) is 5.84. The molecule has 116 valence electrons. The Kier molecular flexibility index (Phi) is 3.79. The van der Waals surface area contributed by atoms with Gasteiger partial charge in [-0.25, -0.2) is 0 Å². The summed E-state index contributed by atoms with van der Waals surface area (Å²) in [4.78, 5) is 13.1. The zero-order valence-corrected chi connectivity index (χ0v) is 12.2. The molecule has 0 saturated heterocycles. The first-order valence-corrected chi connectivity index (χ1v) is 7.39. The number of aromatic hydroxyl groups is 2. The number of nitrogens with zero attached hydrogens (tertiary/aromatic N) is 1. The second kappa shape index (κ2) is 5.75. The van der Waals surface area contributed by atoms with Gasteiger partial charge in [0.2, 0.25) is 6.41 Å². The molecule has 0 spiro atoms. The number of phenolic OH excluding ortho intramolecular Hbond substituents is 2. The molecule has 1 aromatic rings. The van der Waals surface area contributed by atoms with Gasteiger partial charge in [0.15, 0.2) is 11.5 Å². The highest BCUT2D eigenvalue weighted by Crippen LogP contribution is 2.35. The average Bonchev–Trinajstić information content (AvgIpc) is 2.51. The lowest BCUT2D eigenvalue weighted by Gasteiger charge is -2.38. The van der Waals surface area contributed by atoms with E-state index in [1.165, 1.54) is 23.3 Å². The highest BCUT2D eigenvalue weighted by molar-refractivity contribution is 5.52. The smallest absolute Gasteiger partial charge is 0.210 e. The van der Waals surface area contributed by atoms with Gasteiger partial charge in [0.05, 0.1) is 11.8 Å². The van der Waals surface area contributed by atoms with Crippen LogP contribution < -0.4 is 0 Å². The first-order chi connectivity index (χ1) is 10.6. The van der Waals surface area contributed by atoms with Gasteiger partial charge in [0, 0.05) is 13.0 Å². The van der Waals surface area contributed by atoms with Crippen LogP contribution in [-0.2, 0) is 11.2 Å². The average molecular weight is 301 g/mol. The van der Waals surface area contributed by atoms with Crippen LogP contribution in [0.2, 0.25) is 0 Å². The van der Waals surface area contributed by atoms with Gasteiger partial charge in [-0.3, -0.25) is 4.79 Å². The first-order valence-electron chi connectivity index (χ1n) is 7.39. The minimum Gasteiger partial charge on any atom is -0.512 e. The van der Waals surface area contributed by atoms with Crippen LogP contribution in [0.15, 0.2) is 41.2 Å². The number of benzene rings is 1. The van der Waals surface area contributed by atoms with E-state index >= 15 is 0 Å². The van der Waals surface area contributed by atoms with Gasteiger partial charge in [-0.1, -0.05) is 11.6 Å². The fourth-order valence-corrected chi connectivity index (χ4v) is 3.30. The molecule has 0 aromatic heterocycles. The monoisotopic (exact) mass is 301 g/mol. The summed E-state index contributed by atoms with van der Waals surface area (Å²) in [5.41, 5.74) is 3.26. The van der Waals surface area contributed by atoms with Gasteiger partial charge in [0.1, 0.15) is 0 Å². The van der Waals surface area contributed by atoms with Gasteiger partial charge in [-0.15, -0.1) is 0 Å². The molecular weight excluding hydrogens is 282 g/mol. The molecule has 1 aliphatic carbocycles. The number of hydrogen-bond donors (Lipinski definition) is 3. The van der Waals surface area contributed by atoms with Crippen molar-refractivity contribution in [2.75, 3.05) is 6.54 Å². The Morgan fingerprint density at radius 2 is 2.05 bits per heavy atom. The Labute approximate surface area is 128 Å². The Morgan fingerprint density at radius 1 is 1.23 bits per heavy atom. The molecule has 1 heterocycles. The predicted molar refractivity (Wildman–Crippen MR) is 81.6 cm³/mol. The van der Waals surface area contributed by atoms with Crippen LogP contribution in [0.25, 0.3) is 0 Å². The summed E-state index contributed by atoms with van der Waals surface area (Å²) < 4.78 is 0. The Hall–Kier alpha value is -2.43. The van der Waals surface area contributed by atoms with E-state index in [1.54, 1.807) is 17.0 Å². The molecular formula is C17H19NO4. The van der Waals surface area contributed by atoms with Crippen molar-refractivity contribution in [3.63, 3.8) is 0 Å². The van der Waals surface area contributed by atoms with E-state index in [0.29, 0.717) is 31.6 Å². The fraction of sp³-hybridized carbons (Fsp3) is 0.353. The van der Waals surface area contributed by atoms with Crippen LogP contribution in [0.4, 0.5) is 0 Å². The molecule has 0 radical (unpaired) electrons. The third-order valence-corrected chi connectivity index (χ3v) is 4.48. The summed E-state index contributed by atoms with van der Waals surface area (Å²) >= 11 is 0. The maximum absolute atomic E-state index is 11.4. The standard InChI is InChI=1S/C17H19NO4/c19-10-18-6-5-12-9-13(20)2-3-14(12)15(18)7-11-1-4-16(21)17(22)8-11/h1-2,4,8,10,15,20-22H,3,5-7,9H2. The topological polar surface area (TPSA) is 81.0 Å². The van der Waals surface area contributed by atoms with Crippen LogP contribution in [0.5, 0.6) is 11.5 Å². The van der Waals surface area contributed by atoms with E-state index in [9.17, 15) is 20.1 Å². The molecule has 1 atom stereocenters. The first kappa shape index (κ1) is 14.5. The number of rotatable bonds is 3. The normalized spacial score (nSPS) is 21.4. The van der Waals surface area contributed by atoms with Crippen LogP contribution in [0, 0.1) is 0 Å². The number of aliphatic hydroxyl groups excluding tert-OH is 1. The zero-order chi connectivity index (χ0) is 15.7. The summed E-state index contributed by atoms with van der Waals surface area (Å²) in [6.45, 7) is 0.643. The van der Waals surface area contributed by atoms with E-state index in [4.69, 9.17) is 0 Å². The van der Waals surface area contributed by atoms with E-state index in [2.05, 4.69) is 0 Å². The zero-order valence-electron chi connectivity index (χ0n) is 12.2. The van der Waals surface area contributed by atoms with E-state index in [0.717, 1.165) is 18.4 Å². The summed E-state index contributed by atoms with van der Waals surface area (Å²) in [7, 11) is 0. The summed E-state index contributed by atoms with van der Waals surface area (Å²) in [5.74, 6) is 0.103. The molecule has 1 aromatic carbocycles. The molecule has 5 nitrogen and oxygen atoms in total. The highest BCUT2D eigenvalue weighted by Gasteiger charge is 2.30. The van der Waals surface area contributed by atoms with Crippen molar-refractivity contribution in [2.24, 2.45) is 0 Å². The summed E-state index contributed by atoms with van der Waals surface area (Å²) in [5, 5.41) is 28.7. The number of allylic oxidation sites excluding steroid dienone is 2. The summed E-state index contributed by atoms with van der Waals surface area (Å²) in [6.07, 6.45) is 5.27. The molecule has 3 N–H and O–H groups in total. The molecule has 0 saturated carbocycles. The SMILES string of the molecule is O=CN1CCC2=C(CC=C(O)C2)C1Cc1ccc(O)c(O)c1. The molecule has 1 aliphatic heterocycles. The third-order valence-electron chi connectivity index (χ3n) is 4.48. The number of hydrogen-bond acceptors (Lipinski definition) is 4. The maximum Gasteiger partial charge on any atom is 0.210 e. The number of phenols is 2. The van der Waals surface area contributed by atoms with Crippen LogP contribution in [0.3, 0.4) is 0 Å². The molecule has 1 amide bonds. The van der Waals surface area contributed by atoms with Crippen molar-refractivity contribution in [1.29, 1.82) is 0 Å². The third kappa shape index (κ3) is 2.66. The Morgan fingerprint density at radius 3 is 2.77 bits per heavy atom. The van der Waals surface area contributed by atoms with Crippen molar-refractivity contribution in [1.82, 2.24) is 4.90 Å². The Bertz CT molecular complexity index is 663. The summed E-state index contributed by atoms with van der Waals surface area (Å²) in [6, 6.07) is 4.68. The largest absolute Gasteiger partial charge is 0.512 e. The fourth-order valence-electron chi connectivity index (χ4n) is 3.30. The second-order valence-electron chi connectivity index (χ2n) is 5.84. The molecule has 3 rings (SSSR count). The van der Waals surface area contributed by atoms with Gasteiger partial charge < -0.3 is 20.2 Å². The van der Waals surface area contributed by atoms with Crippen molar-refractivity contribution in [3.05, 3.63) is 46.7 Å². The lowest BCUT2D eigenvalue weighted by atomic mass is 9.83. The Balaban J connectivity index is 1.89. The van der Waals surface area contributed by atoms with Gasteiger partial charge >= 0.3 is 0 Å². The molecule has 2 aliphatic rings. The van der Waals surface area contributed by atoms with Crippen molar-refractivity contribution in [3.8, 4) is 11.5 Å². The van der Waals surface area contributed by atoms with Crippen LogP contribution in [-0.4, -0.2) is 39.2 Å². The maximum atomic E-state index is 11.4. The highest BCUT2D eigenvalue weighted by atomic mass is 16.3. The quantitative estimate of drug-likeness (QED) is 0.455.